The molecule has 5 heteroatoms. The van der Waals surface area contributed by atoms with Gasteiger partial charge >= 0.3 is 0 Å². The second-order valence-corrected chi connectivity index (χ2v) is 2.61. The van der Waals surface area contributed by atoms with Gasteiger partial charge in [-0.1, -0.05) is 6.92 Å². The van der Waals surface area contributed by atoms with Crippen molar-refractivity contribution in [3.05, 3.63) is 18.0 Å². The maximum absolute atomic E-state index is 11.3. The number of carbonyl (C=O) groups excluding carboxylic acids is 1. The highest BCUT2D eigenvalue weighted by atomic mass is 16.2. The number of carbonyl (C=O) groups is 1. The van der Waals surface area contributed by atoms with Gasteiger partial charge in [0.1, 0.15) is 12.2 Å². The molecule has 1 N–H and O–H groups in total. The quantitative estimate of drug-likeness (QED) is 0.727. The van der Waals surface area contributed by atoms with Gasteiger partial charge in [0.15, 0.2) is 0 Å². The van der Waals surface area contributed by atoms with Gasteiger partial charge in [-0.25, -0.2) is 15.0 Å². The molecule has 0 radical (unpaired) electrons. The Morgan fingerprint density at radius 2 is 2.31 bits per heavy atom. The molecule has 0 aromatic carbocycles. The van der Waals surface area contributed by atoms with E-state index in [-0.39, 0.29) is 11.7 Å². The fraction of sp³-hybridized carbons (Fsp3) is 0.500. The Morgan fingerprint density at radius 1 is 1.54 bits per heavy atom. The first-order valence-corrected chi connectivity index (χ1v) is 4.18. The number of hydrogen-bond acceptors (Lipinski definition) is 4. The van der Waals surface area contributed by atoms with Crippen LogP contribution in [0.3, 0.4) is 0 Å². The summed E-state index contributed by atoms with van der Waals surface area (Å²) in [6.07, 6.45) is 2.24. The lowest BCUT2D eigenvalue weighted by molar-refractivity contribution is 0.0942. The molecule has 0 atom stereocenters. The van der Waals surface area contributed by atoms with Crippen molar-refractivity contribution < 1.29 is 4.79 Å². The van der Waals surface area contributed by atoms with E-state index in [0.717, 1.165) is 6.42 Å². The van der Waals surface area contributed by atoms with Gasteiger partial charge < -0.3 is 5.32 Å². The molecule has 0 aliphatic heterocycles. The summed E-state index contributed by atoms with van der Waals surface area (Å²) in [5, 5.41) is 2.68. The third-order valence-corrected chi connectivity index (χ3v) is 1.43. The predicted molar refractivity (Wildman–Crippen MR) is 47.2 cm³/mol. The van der Waals surface area contributed by atoms with E-state index in [4.69, 9.17) is 0 Å². The first-order chi connectivity index (χ1) is 6.24. The topological polar surface area (TPSA) is 67.8 Å². The van der Waals surface area contributed by atoms with E-state index in [2.05, 4.69) is 20.3 Å². The number of aromatic nitrogens is 3. The summed E-state index contributed by atoms with van der Waals surface area (Å²) in [6.45, 7) is 4.35. The van der Waals surface area contributed by atoms with E-state index < -0.39 is 0 Å². The van der Waals surface area contributed by atoms with Crippen LogP contribution in [0.2, 0.25) is 0 Å². The molecule has 0 saturated heterocycles. The van der Waals surface area contributed by atoms with Crippen LogP contribution in [0.1, 0.15) is 29.8 Å². The first-order valence-electron chi connectivity index (χ1n) is 4.18. The van der Waals surface area contributed by atoms with Crippen LogP contribution in [0.5, 0.6) is 0 Å². The van der Waals surface area contributed by atoms with Crippen LogP contribution in [0.15, 0.2) is 6.33 Å². The zero-order chi connectivity index (χ0) is 9.68. The van der Waals surface area contributed by atoms with Gasteiger partial charge in [-0.05, 0) is 13.3 Å². The van der Waals surface area contributed by atoms with Gasteiger partial charge in [0.2, 0.25) is 5.82 Å². The van der Waals surface area contributed by atoms with E-state index in [1.54, 1.807) is 6.92 Å². The van der Waals surface area contributed by atoms with Gasteiger partial charge in [-0.2, -0.15) is 0 Å². The molecule has 70 valence electrons. The second-order valence-electron chi connectivity index (χ2n) is 2.61. The lowest BCUT2D eigenvalue weighted by atomic mass is 10.4. The smallest absolute Gasteiger partial charge is 0.289 e. The van der Waals surface area contributed by atoms with Crippen LogP contribution in [0.25, 0.3) is 0 Å². The van der Waals surface area contributed by atoms with E-state index in [9.17, 15) is 4.79 Å². The van der Waals surface area contributed by atoms with Crippen LogP contribution < -0.4 is 5.32 Å². The number of aryl methyl sites for hydroxylation is 1. The monoisotopic (exact) mass is 180 g/mol. The van der Waals surface area contributed by atoms with Crippen molar-refractivity contribution in [3.8, 4) is 0 Å². The molecule has 1 rings (SSSR count). The van der Waals surface area contributed by atoms with E-state index in [0.29, 0.717) is 12.4 Å². The fourth-order valence-electron chi connectivity index (χ4n) is 0.805. The van der Waals surface area contributed by atoms with Gasteiger partial charge in [0.25, 0.3) is 5.91 Å². The summed E-state index contributed by atoms with van der Waals surface area (Å²) in [6, 6.07) is 0. The van der Waals surface area contributed by atoms with E-state index in [1.807, 2.05) is 6.92 Å². The maximum atomic E-state index is 11.3. The van der Waals surface area contributed by atoms with Crippen molar-refractivity contribution >= 4 is 5.91 Å². The zero-order valence-corrected chi connectivity index (χ0v) is 7.74. The Kier molecular flexibility index (Phi) is 3.31. The predicted octanol–water partition coefficient (Wildman–Crippen LogP) is 0.320. The Labute approximate surface area is 76.6 Å². The van der Waals surface area contributed by atoms with E-state index in [1.165, 1.54) is 6.33 Å². The number of hydrogen-bond donors (Lipinski definition) is 1. The molecule has 0 fully saturated rings. The Balaban J connectivity index is 2.66. The molecule has 1 heterocycles. The summed E-state index contributed by atoms with van der Waals surface area (Å²) < 4.78 is 0. The van der Waals surface area contributed by atoms with Crippen molar-refractivity contribution in [3.63, 3.8) is 0 Å². The molecule has 5 nitrogen and oxygen atoms in total. The Bertz CT molecular complexity index is 300. The summed E-state index contributed by atoms with van der Waals surface area (Å²) in [5.41, 5.74) is 0. The SMILES string of the molecule is CCCNC(=O)c1ncnc(C)n1. The number of nitrogens with zero attached hydrogens (tertiary/aromatic N) is 3. The number of rotatable bonds is 3. The Hall–Kier alpha value is -1.52. The minimum Gasteiger partial charge on any atom is -0.349 e. The van der Waals surface area contributed by atoms with Crippen LogP contribution in [-0.2, 0) is 0 Å². The minimum atomic E-state index is -0.243. The highest BCUT2D eigenvalue weighted by Gasteiger charge is 2.07. The lowest BCUT2D eigenvalue weighted by Gasteiger charge is -2.00. The molecule has 1 aromatic heterocycles. The summed E-state index contributed by atoms with van der Waals surface area (Å²) >= 11 is 0. The standard InChI is InChI=1S/C8H12N4O/c1-3-4-9-8(13)7-11-5-10-6(2)12-7/h5H,3-4H2,1-2H3,(H,9,13). The normalized spacial score (nSPS) is 9.69. The van der Waals surface area contributed by atoms with Crippen LogP contribution in [0.4, 0.5) is 0 Å². The average Bonchev–Trinajstić information content (AvgIpc) is 2.14. The molecule has 0 unspecified atom stereocenters. The largest absolute Gasteiger partial charge is 0.349 e. The van der Waals surface area contributed by atoms with E-state index >= 15 is 0 Å². The average molecular weight is 180 g/mol. The van der Waals surface area contributed by atoms with Crippen molar-refractivity contribution in [1.29, 1.82) is 0 Å². The molecular weight excluding hydrogens is 168 g/mol. The fourth-order valence-corrected chi connectivity index (χ4v) is 0.805. The molecule has 13 heavy (non-hydrogen) atoms. The van der Waals surface area contributed by atoms with Gasteiger partial charge in [-0.15, -0.1) is 0 Å². The lowest BCUT2D eigenvalue weighted by Crippen LogP contribution is -2.26. The van der Waals surface area contributed by atoms with Crippen LogP contribution in [0, 0.1) is 6.92 Å². The molecule has 1 aromatic rings. The third kappa shape index (κ3) is 2.77. The third-order valence-electron chi connectivity index (χ3n) is 1.43. The highest BCUT2D eigenvalue weighted by molar-refractivity contribution is 5.90. The van der Waals surface area contributed by atoms with Crippen molar-refractivity contribution in [1.82, 2.24) is 20.3 Å². The van der Waals surface area contributed by atoms with Crippen molar-refractivity contribution in [2.24, 2.45) is 0 Å². The van der Waals surface area contributed by atoms with Crippen LogP contribution in [-0.4, -0.2) is 27.4 Å². The molecule has 0 bridgehead atoms. The summed E-state index contributed by atoms with van der Waals surface area (Å²) in [7, 11) is 0. The molecule has 0 aliphatic carbocycles. The van der Waals surface area contributed by atoms with Crippen molar-refractivity contribution in [2.45, 2.75) is 20.3 Å². The highest BCUT2D eigenvalue weighted by Crippen LogP contribution is 1.89. The number of nitrogens with one attached hydrogen (secondary N) is 1. The van der Waals surface area contributed by atoms with Crippen molar-refractivity contribution in [2.75, 3.05) is 6.54 Å². The van der Waals surface area contributed by atoms with Crippen LogP contribution >= 0.6 is 0 Å². The maximum Gasteiger partial charge on any atom is 0.289 e. The molecule has 0 aliphatic rings. The summed E-state index contributed by atoms with van der Waals surface area (Å²) in [5.74, 6) is 0.491. The second kappa shape index (κ2) is 4.49. The molecule has 0 spiro atoms. The molecule has 0 saturated carbocycles. The van der Waals surface area contributed by atoms with Gasteiger partial charge in [-0.3, -0.25) is 4.79 Å². The molecular formula is C8H12N4O. The van der Waals surface area contributed by atoms with Gasteiger partial charge in [0, 0.05) is 6.54 Å². The molecule has 1 amide bonds. The van der Waals surface area contributed by atoms with Gasteiger partial charge in [0.05, 0.1) is 0 Å². The Morgan fingerprint density at radius 3 is 2.92 bits per heavy atom. The minimum absolute atomic E-state index is 0.181. The summed E-state index contributed by atoms with van der Waals surface area (Å²) in [4.78, 5) is 22.7. The first kappa shape index (κ1) is 9.57. The number of amides is 1. The zero-order valence-electron chi connectivity index (χ0n) is 7.74.